The molecule has 0 aromatic heterocycles. The molecule has 0 N–H and O–H groups in total. The van der Waals surface area contributed by atoms with Gasteiger partial charge in [0, 0.05) is 12.8 Å². The number of ketones is 1. The molecule has 0 amide bonds. The molecular formula is C14H24F3NO. The second kappa shape index (κ2) is 6.73. The molecule has 1 aliphatic rings. The van der Waals surface area contributed by atoms with E-state index in [1.807, 2.05) is 13.8 Å². The highest BCUT2D eigenvalue weighted by Crippen LogP contribution is 2.26. The van der Waals surface area contributed by atoms with Crippen molar-refractivity contribution in [2.24, 2.45) is 0 Å². The van der Waals surface area contributed by atoms with Gasteiger partial charge < -0.3 is 0 Å². The average molecular weight is 279 g/mol. The lowest BCUT2D eigenvalue weighted by Gasteiger charge is -2.36. The quantitative estimate of drug-likeness (QED) is 0.759. The molecule has 0 aromatic rings. The molecule has 1 saturated heterocycles. The third-order valence-corrected chi connectivity index (χ3v) is 3.94. The van der Waals surface area contributed by atoms with Crippen molar-refractivity contribution in [3.05, 3.63) is 0 Å². The van der Waals surface area contributed by atoms with E-state index >= 15 is 0 Å². The Morgan fingerprint density at radius 1 is 1.05 bits per heavy atom. The van der Waals surface area contributed by atoms with Gasteiger partial charge in [-0.15, -0.1) is 0 Å². The number of likely N-dealkylation sites (tertiary alicyclic amines) is 1. The Balaban J connectivity index is 2.48. The van der Waals surface area contributed by atoms with Gasteiger partial charge in [0.15, 0.2) is 5.78 Å². The lowest BCUT2D eigenvalue weighted by atomic mass is 9.92. The Kier molecular flexibility index (Phi) is 5.83. The minimum absolute atomic E-state index is 0.0169. The third-order valence-electron chi connectivity index (χ3n) is 3.94. The number of halogens is 3. The van der Waals surface area contributed by atoms with Crippen LogP contribution in [0, 0.1) is 0 Å². The van der Waals surface area contributed by atoms with E-state index in [9.17, 15) is 18.0 Å². The number of nitrogens with zero attached hydrogens (tertiary/aromatic N) is 1. The molecule has 0 bridgehead atoms. The van der Waals surface area contributed by atoms with E-state index in [-0.39, 0.29) is 18.6 Å². The number of hydrogen-bond acceptors (Lipinski definition) is 2. The molecule has 0 saturated carbocycles. The van der Waals surface area contributed by atoms with Gasteiger partial charge in [-0.3, -0.25) is 9.69 Å². The molecule has 1 rings (SSSR count). The zero-order valence-electron chi connectivity index (χ0n) is 11.9. The van der Waals surface area contributed by atoms with Gasteiger partial charge in [0.05, 0.1) is 5.54 Å². The second-order valence-electron chi connectivity index (χ2n) is 5.85. The van der Waals surface area contributed by atoms with Crippen LogP contribution in [-0.4, -0.2) is 35.5 Å². The molecule has 0 aliphatic carbocycles. The molecule has 5 heteroatoms. The Morgan fingerprint density at radius 3 is 2.05 bits per heavy atom. The highest BCUT2D eigenvalue weighted by molar-refractivity contribution is 5.87. The van der Waals surface area contributed by atoms with Crippen molar-refractivity contribution in [1.29, 1.82) is 0 Å². The van der Waals surface area contributed by atoms with Crippen LogP contribution >= 0.6 is 0 Å². The van der Waals surface area contributed by atoms with Gasteiger partial charge in [-0.25, -0.2) is 0 Å². The fraction of sp³-hybridized carbons (Fsp3) is 0.929. The number of carbonyl (C=O) groups is 1. The number of carbonyl (C=O) groups excluding carboxylic acids is 1. The van der Waals surface area contributed by atoms with E-state index in [1.165, 1.54) is 12.8 Å². The van der Waals surface area contributed by atoms with Gasteiger partial charge in [-0.05, 0) is 46.2 Å². The summed E-state index contributed by atoms with van der Waals surface area (Å²) in [6, 6.07) is 0. The summed E-state index contributed by atoms with van der Waals surface area (Å²) in [5.74, 6) is -0.0707. The maximum atomic E-state index is 12.2. The topological polar surface area (TPSA) is 20.3 Å². The first kappa shape index (κ1) is 16.5. The van der Waals surface area contributed by atoms with Gasteiger partial charge in [0.2, 0.25) is 0 Å². The Hall–Kier alpha value is -0.580. The molecule has 0 aromatic carbocycles. The standard InChI is InChI=1S/C14H24F3NO/c1-13(2,18-10-5-3-4-6-11-18)12(19)8-7-9-14(15,16)17/h3-11H2,1-2H3. The van der Waals surface area contributed by atoms with Gasteiger partial charge in [-0.1, -0.05) is 12.8 Å². The van der Waals surface area contributed by atoms with Crippen molar-refractivity contribution in [2.45, 2.75) is 70.5 Å². The monoisotopic (exact) mass is 279 g/mol. The van der Waals surface area contributed by atoms with Crippen LogP contribution in [-0.2, 0) is 4.79 Å². The fourth-order valence-electron chi connectivity index (χ4n) is 2.56. The number of rotatable bonds is 5. The van der Waals surface area contributed by atoms with Crippen molar-refractivity contribution in [3.8, 4) is 0 Å². The number of hydrogen-bond donors (Lipinski definition) is 0. The Morgan fingerprint density at radius 2 is 1.58 bits per heavy atom. The predicted octanol–water partition coefficient (Wildman–Crippen LogP) is 3.94. The summed E-state index contributed by atoms with van der Waals surface area (Å²) < 4.78 is 36.3. The number of alkyl halides is 3. The largest absolute Gasteiger partial charge is 0.389 e. The van der Waals surface area contributed by atoms with Gasteiger partial charge in [0.1, 0.15) is 0 Å². The molecule has 0 atom stereocenters. The van der Waals surface area contributed by atoms with Crippen molar-refractivity contribution in [1.82, 2.24) is 4.90 Å². The normalized spacial score (nSPS) is 19.2. The van der Waals surface area contributed by atoms with Gasteiger partial charge >= 0.3 is 6.18 Å². The fourth-order valence-corrected chi connectivity index (χ4v) is 2.56. The van der Waals surface area contributed by atoms with Crippen molar-refractivity contribution >= 4 is 5.78 Å². The van der Waals surface area contributed by atoms with E-state index in [2.05, 4.69) is 4.90 Å². The zero-order chi connectivity index (χ0) is 14.5. The molecule has 112 valence electrons. The van der Waals surface area contributed by atoms with Crippen LogP contribution < -0.4 is 0 Å². The summed E-state index contributed by atoms with van der Waals surface area (Å²) in [6.45, 7) is 5.43. The molecule has 1 heterocycles. The van der Waals surface area contributed by atoms with Crippen LogP contribution in [0.15, 0.2) is 0 Å². The second-order valence-corrected chi connectivity index (χ2v) is 5.85. The van der Waals surface area contributed by atoms with E-state index in [0.717, 1.165) is 25.9 Å². The smallest absolute Gasteiger partial charge is 0.298 e. The molecule has 0 spiro atoms. The third kappa shape index (κ3) is 5.51. The van der Waals surface area contributed by atoms with Crippen LogP contribution in [0.3, 0.4) is 0 Å². The maximum Gasteiger partial charge on any atom is 0.389 e. The van der Waals surface area contributed by atoms with Crippen LogP contribution in [0.5, 0.6) is 0 Å². The van der Waals surface area contributed by atoms with E-state index in [1.54, 1.807) is 0 Å². The van der Waals surface area contributed by atoms with Crippen LogP contribution in [0.25, 0.3) is 0 Å². The van der Waals surface area contributed by atoms with E-state index in [4.69, 9.17) is 0 Å². The summed E-state index contributed by atoms with van der Waals surface area (Å²) in [6.07, 6.45) is -0.618. The van der Waals surface area contributed by atoms with E-state index in [0.29, 0.717) is 0 Å². The first-order valence-corrected chi connectivity index (χ1v) is 7.08. The first-order valence-electron chi connectivity index (χ1n) is 7.08. The highest BCUT2D eigenvalue weighted by Gasteiger charge is 2.35. The SMILES string of the molecule is CC(C)(C(=O)CCCC(F)(F)F)N1CCCCCC1. The first-order chi connectivity index (χ1) is 8.73. The van der Waals surface area contributed by atoms with Crippen molar-refractivity contribution in [2.75, 3.05) is 13.1 Å². The molecule has 1 fully saturated rings. The minimum atomic E-state index is -4.16. The summed E-state index contributed by atoms with van der Waals surface area (Å²) in [5, 5.41) is 0. The molecule has 0 radical (unpaired) electrons. The zero-order valence-corrected chi connectivity index (χ0v) is 11.9. The average Bonchev–Trinajstić information content (AvgIpc) is 2.55. The van der Waals surface area contributed by atoms with Crippen molar-refractivity contribution in [3.63, 3.8) is 0 Å². The molecule has 2 nitrogen and oxygen atoms in total. The van der Waals surface area contributed by atoms with Crippen LogP contribution in [0.2, 0.25) is 0 Å². The predicted molar refractivity (Wildman–Crippen MR) is 69.0 cm³/mol. The summed E-state index contributed by atoms with van der Waals surface area (Å²) >= 11 is 0. The summed E-state index contributed by atoms with van der Waals surface area (Å²) in [4.78, 5) is 14.3. The van der Waals surface area contributed by atoms with Crippen molar-refractivity contribution < 1.29 is 18.0 Å². The Labute approximate surface area is 113 Å². The highest BCUT2D eigenvalue weighted by atomic mass is 19.4. The summed E-state index contributed by atoms with van der Waals surface area (Å²) in [5.41, 5.74) is -0.629. The molecule has 0 unspecified atom stereocenters. The Bertz CT molecular complexity index is 292. The molecule has 1 aliphatic heterocycles. The van der Waals surface area contributed by atoms with Crippen LogP contribution in [0.1, 0.15) is 58.8 Å². The molecular weight excluding hydrogens is 255 g/mol. The van der Waals surface area contributed by atoms with Gasteiger partial charge in [-0.2, -0.15) is 13.2 Å². The van der Waals surface area contributed by atoms with Crippen LogP contribution in [0.4, 0.5) is 13.2 Å². The summed E-state index contributed by atoms with van der Waals surface area (Å²) in [7, 11) is 0. The van der Waals surface area contributed by atoms with Gasteiger partial charge in [0.25, 0.3) is 0 Å². The number of Topliss-reactive ketones (excluding diaryl/α,β-unsaturated/α-hetero) is 1. The maximum absolute atomic E-state index is 12.2. The molecule has 19 heavy (non-hydrogen) atoms. The van der Waals surface area contributed by atoms with E-state index < -0.39 is 18.1 Å². The lowest BCUT2D eigenvalue weighted by molar-refractivity contribution is -0.139. The lowest BCUT2D eigenvalue weighted by Crippen LogP contribution is -2.50. The minimum Gasteiger partial charge on any atom is -0.298 e.